The number of hydrogen-bond donors (Lipinski definition) is 0. The predicted molar refractivity (Wildman–Crippen MR) is 91.3 cm³/mol. The molecule has 0 atom stereocenters. The molecule has 3 heteroatoms. The molecule has 23 heavy (non-hydrogen) atoms. The van der Waals surface area contributed by atoms with Crippen molar-refractivity contribution in [2.24, 2.45) is 5.92 Å². The zero-order valence-corrected chi connectivity index (χ0v) is 14.5. The Bertz CT molecular complexity index is 629. The minimum absolute atomic E-state index is 0.00525. The molecule has 1 aliphatic heterocycles. The van der Waals surface area contributed by atoms with Gasteiger partial charge in [-0.25, -0.2) is 0 Å². The molecule has 0 unspecified atom stereocenters. The topological polar surface area (TPSA) is 35.5 Å². The molecule has 1 spiro atoms. The molecule has 0 amide bonds. The number of hydrogen-bond acceptors (Lipinski definition) is 3. The summed E-state index contributed by atoms with van der Waals surface area (Å²) in [5, 5.41) is 0. The first-order valence-corrected chi connectivity index (χ1v) is 8.49. The van der Waals surface area contributed by atoms with Crippen molar-refractivity contribution in [3.05, 3.63) is 35.9 Å². The Morgan fingerprint density at radius 1 is 1.22 bits per heavy atom. The fourth-order valence-electron chi connectivity index (χ4n) is 3.58. The molecule has 3 rings (SSSR count). The molecular formula is C20H26O3. The van der Waals surface area contributed by atoms with Gasteiger partial charge in [0.05, 0.1) is 5.92 Å². The highest BCUT2D eigenvalue weighted by Crippen LogP contribution is 2.44. The van der Waals surface area contributed by atoms with Crippen molar-refractivity contribution >= 4 is 11.5 Å². The highest BCUT2D eigenvalue weighted by atomic mass is 16.6. The predicted octanol–water partition coefficient (Wildman–Crippen LogP) is 4.75. The largest absolute Gasteiger partial charge is 0.483 e. The van der Waals surface area contributed by atoms with E-state index in [0.717, 1.165) is 31.4 Å². The molecule has 0 bridgehead atoms. The molecule has 1 heterocycles. The maximum atomic E-state index is 12.3. The summed E-state index contributed by atoms with van der Waals surface area (Å²) in [6.07, 6.45) is 5.62. The fraction of sp³-hybridized carbons (Fsp3) is 0.550. The number of fused-ring (bicyclic) bond motifs is 1. The number of carbonyl (C=O) groups excluding carboxylic acids is 1. The summed E-state index contributed by atoms with van der Waals surface area (Å²) >= 11 is 0. The number of rotatable bonds is 1. The molecule has 0 aromatic heterocycles. The number of allylic oxidation sites excluding steroid dienone is 1. The fourth-order valence-corrected chi connectivity index (χ4v) is 3.58. The second kappa shape index (κ2) is 5.70. The van der Waals surface area contributed by atoms with Crippen molar-refractivity contribution < 1.29 is 14.3 Å². The molecule has 1 saturated carbocycles. The van der Waals surface area contributed by atoms with Crippen LogP contribution in [0.2, 0.25) is 0 Å². The molecule has 0 N–H and O–H groups in total. The quantitative estimate of drug-likeness (QED) is 0.702. The average Bonchev–Trinajstić information content (AvgIpc) is 2.46. The van der Waals surface area contributed by atoms with Crippen LogP contribution >= 0.6 is 0 Å². The summed E-state index contributed by atoms with van der Waals surface area (Å²) in [6, 6.07) is 8.18. The molecule has 0 saturated heterocycles. The lowest BCUT2D eigenvalue weighted by molar-refractivity contribution is -0.162. The Morgan fingerprint density at radius 3 is 2.52 bits per heavy atom. The van der Waals surface area contributed by atoms with Gasteiger partial charge in [-0.3, -0.25) is 4.79 Å². The van der Waals surface area contributed by atoms with E-state index in [1.165, 1.54) is 11.1 Å². The van der Waals surface area contributed by atoms with Crippen molar-refractivity contribution in [3.8, 4) is 5.75 Å². The Hall–Kier alpha value is -1.77. The van der Waals surface area contributed by atoms with E-state index >= 15 is 0 Å². The third-order valence-electron chi connectivity index (χ3n) is 4.68. The third kappa shape index (κ3) is 3.44. The average molecular weight is 314 g/mol. The van der Waals surface area contributed by atoms with Gasteiger partial charge in [0.25, 0.3) is 0 Å². The van der Waals surface area contributed by atoms with Crippen LogP contribution in [0.4, 0.5) is 0 Å². The number of esters is 1. The van der Waals surface area contributed by atoms with Gasteiger partial charge in [-0.15, -0.1) is 0 Å². The van der Waals surface area contributed by atoms with Gasteiger partial charge in [0.1, 0.15) is 17.0 Å². The lowest BCUT2D eigenvalue weighted by Gasteiger charge is -2.41. The lowest BCUT2D eigenvalue weighted by Crippen LogP contribution is -2.42. The van der Waals surface area contributed by atoms with E-state index in [4.69, 9.17) is 9.47 Å². The van der Waals surface area contributed by atoms with E-state index in [-0.39, 0.29) is 17.5 Å². The molecule has 3 nitrogen and oxygen atoms in total. The van der Waals surface area contributed by atoms with E-state index < -0.39 is 5.60 Å². The van der Waals surface area contributed by atoms with Crippen molar-refractivity contribution in [2.45, 2.75) is 64.6 Å². The Morgan fingerprint density at radius 2 is 1.87 bits per heavy atom. The SMILES string of the molecule is CC1=CC2(CCC(C(=O)OC(C)(C)C)CC2)Oc2ccccc21. The van der Waals surface area contributed by atoms with Crippen LogP contribution in [0, 0.1) is 5.92 Å². The minimum atomic E-state index is -0.414. The van der Waals surface area contributed by atoms with Crippen molar-refractivity contribution in [1.29, 1.82) is 0 Å². The van der Waals surface area contributed by atoms with E-state index in [1.807, 2.05) is 39.0 Å². The van der Waals surface area contributed by atoms with Gasteiger partial charge in [-0.05, 0) is 71.1 Å². The zero-order chi connectivity index (χ0) is 16.7. The monoisotopic (exact) mass is 314 g/mol. The second-order valence-corrected chi connectivity index (χ2v) is 7.80. The maximum absolute atomic E-state index is 12.3. The zero-order valence-electron chi connectivity index (χ0n) is 14.5. The van der Waals surface area contributed by atoms with Crippen LogP contribution in [0.1, 0.15) is 58.9 Å². The summed E-state index contributed by atoms with van der Waals surface area (Å²) in [5.41, 5.74) is 1.77. The van der Waals surface area contributed by atoms with Crippen molar-refractivity contribution in [2.75, 3.05) is 0 Å². The first-order valence-electron chi connectivity index (χ1n) is 8.49. The van der Waals surface area contributed by atoms with Crippen LogP contribution in [0.3, 0.4) is 0 Å². The molecule has 1 aliphatic carbocycles. The molecular weight excluding hydrogens is 288 g/mol. The maximum Gasteiger partial charge on any atom is 0.309 e. The van der Waals surface area contributed by atoms with Gasteiger partial charge in [0.15, 0.2) is 0 Å². The number of ether oxygens (including phenoxy) is 2. The van der Waals surface area contributed by atoms with Gasteiger partial charge in [0, 0.05) is 5.56 Å². The van der Waals surface area contributed by atoms with Crippen LogP contribution in [0.5, 0.6) is 5.75 Å². The molecule has 0 radical (unpaired) electrons. The highest BCUT2D eigenvalue weighted by molar-refractivity contribution is 5.74. The lowest BCUT2D eigenvalue weighted by atomic mass is 9.76. The van der Waals surface area contributed by atoms with Crippen LogP contribution in [-0.4, -0.2) is 17.2 Å². The Balaban J connectivity index is 1.70. The Labute approximate surface area is 138 Å². The molecule has 1 aromatic rings. The van der Waals surface area contributed by atoms with E-state index in [9.17, 15) is 4.79 Å². The van der Waals surface area contributed by atoms with Gasteiger partial charge in [-0.2, -0.15) is 0 Å². The highest BCUT2D eigenvalue weighted by Gasteiger charge is 2.41. The van der Waals surface area contributed by atoms with Gasteiger partial charge < -0.3 is 9.47 Å². The summed E-state index contributed by atoms with van der Waals surface area (Å²) in [6.45, 7) is 7.90. The van der Waals surface area contributed by atoms with Gasteiger partial charge >= 0.3 is 5.97 Å². The van der Waals surface area contributed by atoms with E-state index in [1.54, 1.807) is 0 Å². The number of para-hydroxylation sites is 1. The smallest absolute Gasteiger partial charge is 0.309 e. The standard InChI is InChI=1S/C20H26O3/c1-14-13-20(22-17-8-6-5-7-16(14)17)11-9-15(10-12-20)18(21)23-19(2,3)4/h5-8,13,15H,9-12H2,1-4H3. The number of carbonyl (C=O) groups is 1. The Kier molecular flexibility index (Phi) is 3.99. The first kappa shape index (κ1) is 16.1. The summed E-state index contributed by atoms with van der Waals surface area (Å²) in [4.78, 5) is 12.3. The van der Waals surface area contributed by atoms with Crippen molar-refractivity contribution in [3.63, 3.8) is 0 Å². The van der Waals surface area contributed by atoms with Crippen LogP contribution in [-0.2, 0) is 9.53 Å². The normalized spacial score (nSPS) is 27.0. The summed E-state index contributed by atoms with van der Waals surface area (Å²) < 4.78 is 11.9. The molecule has 2 aliphatic rings. The molecule has 1 fully saturated rings. The van der Waals surface area contributed by atoms with E-state index in [2.05, 4.69) is 19.1 Å². The third-order valence-corrected chi connectivity index (χ3v) is 4.68. The minimum Gasteiger partial charge on any atom is -0.483 e. The van der Waals surface area contributed by atoms with Gasteiger partial charge in [0.2, 0.25) is 0 Å². The summed E-state index contributed by atoms with van der Waals surface area (Å²) in [5.74, 6) is 0.891. The molecule has 124 valence electrons. The van der Waals surface area contributed by atoms with Gasteiger partial charge in [-0.1, -0.05) is 18.2 Å². The van der Waals surface area contributed by atoms with E-state index in [0.29, 0.717) is 0 Å². The van der Waals surface area contributed by atoms with Crippen LogP contribution in [0.25, 0.3) is 5.57 Å². The number of benzene rings is 1. The first-order chi connectivity index (χ1) is 10.8. The molecule has 1 aromatic carbocycles. The summed E-state index contributed by atoms with van der Waals surface area (Å²) in [7, 11) is 0. The second-order valence-electron chi connectivity index (χ2n) is 7.80. The van der Waals surface area contributed by atoms with Crippen LogP contribution < -0.4 is 4.74 Å². The van der Waals surface area contributed by atoms with Crippen molar-refractivity contribution in [1.82, 2.24) is 0 Å². The van der Waals surface area contributed by atoms with Crippen LogP contribution in [0.15, 0.2) is 30.3 Å².